The number of aliphatic carboxylic acids is 1. The standard InChI is InChI=1S/C38H55NO11/c1-5-7-9-12-15-18-30(41)19-16-13-10-11-14-17-20-32(38(47,37(45)46)27-34(42)50-28(3)40)35(43)39-33(36(44)48-4)26-29-21-23-31(24-22-29)49-25-8-6-2/h17,20-24,28,32-33,40,47H,5,7,9-16,18-19,25-27H2,1-4H3,(H,39,43)(H,45,46)/b20-17+/t28?,32-,33+,38+/m1/s1. The number of carbonyl (C=O) groups excluding carboxylic acids is 4. The highest BCUT2D eigenvalue weighted by atomic mass is 16.6. The van der Waals surface area contributed by atoms with Crippen LogP contribution in [0.25, 0.3) is 0 Å². The third-order valence-electron chi connectivity index (χ3n) is 8.00. The van der Waals surface area contributed by atoms with Crippen molar-refractivity contribution in [1.82, 2.24) is 5.32 Å². The van der Waals surface area contributed by atoms with E-state index in [-0.39, 0.29) is 18.8 Å². The number of esters is 2. The average molecular weight is 702 g/mol. The summed E-state index contributed by atoms with van der Waals surface area (Å²) in [7, 11) is 1.13. The molecule has 12 nitrogen and oxygen atoms in total. The maximum absolute atomic E-state index is 13.7. The largest absolute Gasteiger partial charge is 0.481 e. The first-order valence-corrected chi connectivity index (χ1v) is 17.4. The quantitative estimate of drug-likeness (QED) is 0.0341. The van der Waals surface area contributed by atoms with E-state index in [1.807, 2.05) is 0 Å². The highest BCUT2D eigenvalue weighted by Crippen LogP contribution is 2.27. The molecule has 0 heterocycles. The van der Waals surface area contributed by atoms with Gasteiger partial charge in [0.1, 0.15) is 24.2 Å². The van der Waals surface area contributed by atoms with Crippen LogP contribution in [0.3, 0.4) is 0 Å². The fourth-order valence-corrected chi connectivity index (χ4v) is 5.20. The van der Waals surface area contributed by atoms with E-state index < -0.39 is 54.1 Å². The van der Waals surface area contributed by atoms with E-state index in [0.717, 1.165) is 59.0 Å². The summed E-state index contributed by atoms with van der Waals surface area (Å²) in [6, 6.07) is 5.41. The minimum absolute atomic E-state index is 0.0409. The van der Waals surface area contributed by atoms with Gasteiger partial charge in [-0.25, -0.2) is 9.59 Å². The summed E-state index contributed by atoms with van der Waals surface area (Å²) in [5.74, 6) is -0.506. The molecular weight excluding hydrogens is 646 g/mol. The number of nitrogens with one attached hydrogen (secondary N) is 1. The third-order valence-corrected chi connectivity index (χ3v) is 8.00. The van der Waals surface area contributed by atoms with E-state index in [9.17, 15) is 39.3 Å². The van der Waals surface area contributed by atoms with Gasteiger partial charge in [0.25, 0.3) is 0 Å². The maximum Gasteiger partial charge on any atom is 0.337 e. The molecule has 0 aliphatic rings. The topological polar surface area (TPSA) is 186 Å². The molecule has 1 amide bonds. The van der Waals surface area contributed by atoms with Crippen LogP contribution in [-0.2, 0) is 39.9 Å². The van der Waals surface area contributed by atoms with Crippen LogP contribution in [0.4, 0.5) is 0 Å². The number of ketones is 1. The molecule has 0 aromatic heterocycles. The Labute approximate surface area is 295 Å². The number of carboxylic acids is 1. The van der Waals surface area contributed by atoms with Gasteiger partial charge in [0.15, 0.2) is 11.9 Å². The molecule has 278 valence electrons. The number of methoxy groups -OCH3 is 1. The van der Waals surface area contributed by atoms with Crippen molar-refractivity contribution in [2.24, 2.45) is 5.92 Å². The van der Waals surface area contributed by atoms with Crippen LogP contribution in [0.2, 0.25) is 0 Å². The SMILES string of the molecule is CC#CCOc1ccc(C[C@H](NC(=O)[C@@H](/C=C/CCCCCCC(=O)CCCCCCC)[C@@](O)(CC(=O)OC(C)O)C(=O)O)C(=O)OC)cc1. The highest BCUT2D eigenvalue weighted by Gasteiger charge is 2.49. The number of benzene rings is 1. The van der Waals surface area contributed by atoms with E-state index in [0.29, 0.717) is 37.0 Å². The zero-order chi connectivity index (χ0) is 37.4. The number of amides is 1. The van der Waals surface area contributed by atoms with Gasteiger partial charge in [0.2, 0.25) is 5.91 Å². The van der Waals surface area contributed by atoms with Crippen molar-refractivity contribution in [1.29, 1.82) is 0 Å². The Kier molecular flexibility index (Phi) is 21.8. The molecule has 4 N–H and O–H groups in total. The molecule has 50 heavy (non-hydrogen) atoms. The van der Waals surface area contributed by atoms with Crippen molar-refractivity contribution in [3.8, 4) is 17.6 Å². The molecule has 0 radical (unpaired) electrons. The van der Waals surface area contributed by atoms with Crippen LogP contribution in [-0.4, -0.2) is 76.6 Å². The van der Waals surface area contributed by atoms with Crippen molar-refractivity contribution in [3.63, 3.8) is 0 Å². The number of allylic oxidation sites excluding steroid dienone is 1. The molecule has 4 atom stereocenters. The summed E-state index contributed by atoms with van der Waals surface area (Å²) in [5, 5.41) is 33.2. The second kappa shape index (κ2) is 24.8. The first-order valence-electron chi connectivity index (χ1n) is 17.4. The van der Waals surface area contributed by atoms with E-state index in [1.165, 1.54) is 18.6 Å². The summed E-state index contributed by atoms with van der Waals surface area (Å²) in [4.78, 5) is 63.3. The lowest BCUT2D eigenvalue weighted by molar-refractivity contribution is -0.182. The Morgan fingerprint density at radius 2 is 1.58 bits per heavy atom. The smallest absolute Gasteiger partial charge is 0.337 e. The average Bonchev–Trinajstić information content (AvgIpc) is 3.07. The number of hydrogen-bond acceptors (Lipinski definition) is 10. The number of carbonyl (C=O) groups is 5. The van der Waals surface area contributed by atoms with Crippen LogP contribution >= 0.6 is 0 Å². The van der Waals surface area contributed by atoms with Gasteiger partial charge >= 0.3 is 17.9 Å². The Balaban J connectivity index is 3.01. The number of carboxylic acid groups (broad SMARTS) is 1. The number of aliphatic hydroxyl groups excluding tert-OH is 1. The molecule has 0 saturated carbocycles. The summed E-state index contributed by atoms with van der Waals surface area (Å²) < 4.78 is 15.0. The third kappa shape index (κ3) is 17.4. The van der Waals surface area contributed by atoms with Crippen molar-refractivity contribution < 1.29 is 53.5 Å². The number of rotatable bonds is 26. The minimum atomic E-state index is -2.98. The molecule has 0 aliphatic heterocycles. The molecule has 0 fully saturated rings. The molecule has 0 aliphatic carbocycles. The van der Waals surface area contributed by atoms with Crippen molar-refractivity contribution in [2.45, 2.75) is 129 Å². The lowest BCUT2D eigenvalue weighted by Crippen LogP contribution is -2.55. The first-order chi connectivity index (χ1) is 23.9. The van der Waals surface area contributed by atoms with Gasteiger partial charge in [0.05, 0.1) is 19.4 Å². The van der Waals surface area contributed by atoms with Gasteiger partial charge in [0, 0.05) is 19.3 Å². The molecule has 1 aromatic rings. The molecule has 1 unspecified atom stereocenters. The number of ether oxygens (including phenoxy) is 3. The predicted molar refractivity (Wildman–Crippen MR) is 187 cm³/mol. The van der Waals surface area contributed by atoms with Gasteiger partial charge in [-0.3, -0.25) is 14.4 Å². The molecule has 1 aromatic carbocycles. The van der Waals surface area contributed by atoms with Crippen LogP contribution in [0.5, 0.6) is 5.75 Å². The zero-order valence-electron chi connectivity index (χ0n) is 29.9. The van der Waals surface area contributed by atoms with Crippen molar-refractivity contribution in [3.05, 3.63) is 42.0 Å². The van der Waals surface area contributed by atoms with E-state index in [4.69, 9.17) is 9.47 Å². The molecule has 0 bridgehead atoms. The summed E-state index contributed by atoms with van der Waals surface area (Å²) >= 11 is 0. The Morgan fingerprint density at radius 1 is 0.960 bits per heavy atom. The normalized spacial score (nSPS) is 14.0. The van der Waals surface area contributed by atoms with Crippen LogP contribution < -0.4 is 10.1 Å². The predicted octanol–water partition coefficient (Wildman–Crippen LogP) is 4.82. The maximum atomic E-state index is 13.7. The first kappa shape index (κ1) is 43.8. The number of aliphatic hydroxyl groups is 2. The summed E-state index contributed by atoms with van der Waals surface area (Å²) in [6.07, 6.45) is 10.1. The van der Waals surface area contributed by atoms with Gasteiger partial charge in [-0.15, -0.1) is 5.92 Å². The molecule has 12 heteroatoms. The van der Waals surface area contributed by atoms with E-state index in [1.54, 1.807) is 31.2 Å². The Morgan fingerprint density at radius 3 is 2.14 bits per heavy atom. The minimum Gasteiger partial charge on any atom is -0.481 e. The molecule has 0 spiro atoms. The van der Waals surface area contributed by atoms with Crippen molar-refractivity contribution in [2.75, 3.05) is 13.7 Å². The fraction of sp³-hybridized carbons (Fsp3) is 0.605. The molecule has 0 saturated heterocycles. The van der Waals surface area contributed by atoms with Crippen LogP contribution in [0, 0.1) is 17.8 Å². The lowest BCUT2D eigenvalue weighted by atomic mass is 9.82. The number of hydrogen-bond donors (Lipinski definition) is 4. The monoisotopic (exact) mass is 701 g/mol. The Hall–Kier alpha value is -4.21. The van der Waals surface area contributed by atoms with E-state index in [2.05, 4.69) is 28.8 Å². The molecular formula is C38H55NO11. The lowest BCUT2D eigenvalue weighted by Gasteiger charge is -2.30. The fourth-order valence-electron chi connectivity index (χ4n) is 5.20. The van der Waals surface area contributed by atoms with Crippen LogP contribution in [0.15, 0.2) is 36.4 Å². The van der Waals surface area contributed by atoms with Crippen molar-refractivity contribution >= 4 is 29.6 Å². The Bertz CT molecular complexity index is 1300. The summed E-state index contributed by atoms with van der Waals surface area (Å²) in [5.41, 5.74) is -2.37. The van der Waals surface area contributed by atoms with E-state index >= 15 is 0 Å². The van der Waals surface area contributed by atoms with Gasteiger partial charge in [-0.2, -0.15) is 0 Å². The van der Waals surface area contributed by atoms with Gasteiger partial charge in [-0.05, 0) is 57.2 Å². The van der Waals surface area contributed by atoms with Gasteiger partial charge in [-0.1, -0.05) is 75.7 Å². The second-order valence-electron chi connectivity index (χ2n) is 12.2. The highest BCUT2D eigenvalue weighted by molar-refractivity contribution is 5.95. The molecule has 1 rings (SSSR count). The number of Topliss-reactive ketones (excluding diaryl/α,β-unsaturated/α-hetero) is 1. The summed E-state index contributed by atoms with van der Waals surface area (Å²) in [6.45, 7) is 5.17. The van der Waals surface area contributed by atoms with Gasteiger partial charge < -0.3 is 34.8 Å². The zero-order valence-corrected chi connectivity index (χ0v) is 29.9. The number of unbranched alkanes of at least 4 members (excludes halogenated alkanes) is 8. The second-order valence-corrected chi connectivity index (χ2v) is 12.2. The van der Waals surface area contributed by atoms with Crippen LogP contribution in [0.1, 0.15) is 110 Å².